The van der Waals surface area contributed by atoms with E-state index in [1.165, 1.54) is 5.57 Å². The molecule has 1 aromatic rings. The summed E-state index contributed by atoms with van der Waals surface area (Å²) in [5.41, 5.74) is 1.24. The second-order valence-corrected chi connectivity index (χ2v) is 4.16. The molecule has 0 N–H and O–H groups in total. The Balaban J connectivity index is 2.50. The smallest absolute Gasteiger partial charge is 0.152 e. The van der Waals surface area contributed by atoms with Crippen molar-refractivity contribution >= 4 is 11.3 Å². The van der Waals surface area contributed by atoms with E-state index in [0.717, 1.165) is 4.88 Å². The molecule has 0 spiro atoms. The molecule has 1 aromatic heterocycles. The molecule has 0 aromatic carbocycles. The predicted octanol–water partition coefficient (Wildman–Crippen LogP) is 3.41. The number of allylic oxidation sites excluding steroid dienone is 1. The first-order chi connectivity index (χ1) is 6.74. The normalized spacial score (nSPS) is 11.8. The van der Waals surface area contributed by atoms with Crippen LogP contribution in [0.4, 0.5) is 0 Å². The van der Waals surface area contributed by atoms with E-state index < -0.39 is 0 Å². The van der Waals surface area contributed by atoms with Crippen molar-refractivity contribution < 1.29 is 4.74 Å². The first-order valence-electron chi connectivity index (χ1n) is 4.48. The van der Waals surface area contributed by atoms with Gasteiger partial charge < -0.3 is 4.74 Å². The summed E-state index contributed by atoms with van der Waals surface area (Å²) in [5, 5.41) is 2.00. The van der Waals surface area contributed by atoms with Crippen LogP contribution >= 0.6 is 11.3 Å². The first kappa shape index (κ1) is 11.0. The second kappa shape index (κ2) is 5.64. The predicted molar refractivity (Wildman–Crippen MR) is 61.3 cm³/mol. The van der Waals surface area contributed by atoms with Crippen LogP contribution in [0.15, 0.2) is 29.2 Å². The van der Waals surface area contributed by atoms with Crippen molar-refractivity contribution in [1.82, 2.24) is 0 Å². The van der Waals surface area contributed by atoms with Crippen molar-refractivity contribution in [2.45, 2.75) is 20.0 Å². The minimum Gasteiger partial charge on any atom is -0.356 e. The Morgan fingerprint density at radius 3 is 3.00 bits per heavy atom. The van der Waals surface area contributed by atoms with Gasteiger partial charge >= 0.3 is 0 Å². The van der Waals surface area contributed by atoms with E-state index in [1.807, 2.05) is 37.4 Å². The Morgan fingerprint density at radius 1 is 1.71 bits per heavy atom. The number of terminal acetylenes is 1. The van der Waals surface area contributed by atoms with Crippen molar-refractivity contribution in [1.29, 1.82) is 0 Å². The zero-order chi connectivity index (χ0) is 10.4. The number of rotatable bonds is 4. The highest BCUT2D eigenvalue weighted by atomic mass is 32.1. The van der Waals surface area contributed by atoms with Crippen LogP contribution in [0.3, 0.4) is 0 Å². The highest BCUT2D eigenvalue weighted by Gasteiger charge is 2.07. The number of hydrogen-bond donors (Lipinski definition) is 0. The summed E-state index contributed by atoms with van der Waals surface area (Å²) in [7, 11) is 0. The maximum Gasteiger partial charge on any atom is 0.152 e. The van der Waals surface area contributed by atoms with Gasteiger partial charge in [-0.2, -0.15) is 0 Å². The van der Waals surface area contributed by atoms with Crippen LogP contribution in [0.5, 0.6) is 0 Å². The van der Waals surface area contributed by atoms with Crippen molar-refractivity contribution in [2.24, 2.45) is 0 Å². The lowest BCUT2D eigenvalue weighted by Gasteiger charge is -2.08. The Kier molecular flexibility index (Phi) is 4.45. The average Bonchev–Trinajstić information content (AvgIpc) is 2.64. The third-order valence-electron chi connectivity index (χ3n) is 1.71. The van der Waals surface area contributed by atoms with Gasteiger partial charge in [0.2, 0.25) is 0 Å². The Labute approximate surface area is 89.4 Å². The fourth-order valence-corrected chi connectivity index (χ4v) is 1.69. The van der Waals surface area contributed by atoms with Crippen LogP contribution in [0.1, 0.15) is 24.8 Å². The van der Waals surface area contributed by atoms with Crippen LogP contribution < -0.4 is 0 Å². The van der Waals surface area contributed by atoms with Gasteiger partial charge in [0, 0.05) is 4.88 Å². The van der Waals surface area contributed by atoms with E-state index in [4.69, 9.17) is 11.2 Å². The van der Waals surface area contributed by atoms with Gasteiger partial charge in [0.25, 0.3) is 0 Å². The molecule has 1 unspecified atom stereocenters. The molecule has 0 saturated heterocycles. The van der Waals surface area contributed by atoms with Gasteiger partial charge in [-0.25, -0.2) is 0 Å². The lowest BCUT2D eigenvalue weighted by molar-refractivity contribution is 0.119. The summed E-state index contributed by atoms with van der Waals surface area (Å²) in [6.45, 7) is 4.66. The number of thiophene rings is 1. The molecule has 1 atom stereocenters. The maximum absolute atomic E-state index is 5.54. The average molecular weight is 206 g/mol. The first-order valence-corrected chi connectivity index (χ1v) is 5.36. The van der Waals surface area contributed by atoms with Gasteiger partial charge in [-0.3, -0.25) is 0 Å². The van der Waals surface area contributed by atoms with Crippen LogP contribution in [-0.4, -0.2) is 6.61 Å². The Hall–Kier alpha value is -1.04. The van der Waals surface area contributed by atoms with Gasteiger partial charge in [0.05, 0.1) is 6.61 Å². The van der Waals surface area contributed by atoms with Gasteiger partial charge in [-0.15, -0.1) is 17.8 Å². The molecule has 0 radical (unpaired) electrons. The molecule has 1 nitrogen and oxygen atoms in total. The second-order valence-electron chi connectivity index (χ2n) is 3.18. The van der Waals surface area contributed by atoms with Crippen molar-refractivity contribution in [3.63, 3.8) is 0 Å². The summed E-state index contributed by atoms with van der Waals surface area (Å²) in [6, 6.07) is 3.98. The minimum absolute atomic E-state index is 0.203. The Bertz CT molecular complexity index is 326. The van der Waals surface area contributed by atoms with Gasteiger partial charge in [-0.05, 0) is 25.3 Å². The molecule has 0 aliphatic heterocycles. The van der Waals surface area contributed by atoms with Gasteiger partial charge in [-0.1, -0.05) is 23.6 Å². The number of hydrogen-bond acceptors (Lipinski definition) is 2. The lowest BCUT2D eigenvalue weighted by atomic mass is 10.3. The van der Waals surface area contributed by atoms with Crippen LogP contribution in [0.25, 0.3) is 0 Å². The molecule has 0 bridgehead atoms. The molecule has 1 rings (SSSR count). The maximum atomic E-state index is 5.54. The van der Waals surface area contributed by atoms with Gasteiger partial charge in [0.1, 0.15) is 0 Å². The zero-order valence-electron chi connectivity index (χ0n) is 8.49. The topological polar surface area (TPSA) is 9.23 Å². The standard InChI is InChI=1S/C12H14OS/c1-4-11(12-6-5-9-14-12)13-8-7-10(2)3/h1,5-7,9,11H,8H2,2-3H3. The van der Waals surface area contributed by atoms with E-state index in [1.54, 1.807) is 11.3 Å². The number of ether oxygens (including phenoxy) is 1. The zero-order valence-corrected chi connectivity index (χ0v) is 9.30. The van der Waals surface area contributed by atoms with E-state index in [9.17, 15) is 0 Å². The summed E-state index contributed by atoms with van der Waals surface area (Å²) in [5.74, 6) is 2.64. The molecular weight excluding hydrogens is 192 g/mol. The van der Waals surface area contributed by atoms with Crippen LogP contribution in [0.2, 0.25) is 0 Å². The SMILES string of the molecule is C#CC(OCC=C(C)C)c1cccs1. The van der Waals surface area contributed by atoms with E-state index in [0.29, 0.717) is 6.61 Å². The summed E-state index contributed by atoms with van der Waals surface area (Å²) >= 11 is 1.63. The van der Waals surface area contributed by atoms with Crippen molar-refractivity contribution in [3.05, 3.63) is 34.0 Å². The molecule has 1 heterocycles. The molecule has 0 fully saturated rings. The molecule has 2 heteroatoms. The quantitative estimate of drug-likeness (QED) is 0.542. The summed E-state index contributed by atoms with van der Waals surface area (Å²) in [6.07, 6.45) is 7.21. The van der Waals surface area contributed by atoms with Crippen molar-refractivity contribution in [3.8, 4) is 12.3 Å². The summed E-state index contributed by atoms with van der Waals surface area (Å²) < 4.78 is 5.54. The van der Waals surface area contributed by atoms with Crippen LogP contribution in [0, 0.1) is 12.3 Å². The highest BCUT2D eigenvalue weighted by molar-refractivity contribution is 7.10. The highest BCUT2D eigenvalue weighted by Crippen LogP contribution is 2.21. The fraction of sp³-hybridized carbons (Fsp3) is 0.333. The van der Waals surface area contributed by atoms with E-state index in [2.05, 4.69) is 5.92 Å². The van der Waals surface area contributed by atoms with Gasteiger partial charge in [0.15, 0.2) is 6.10 Å². The van der Waals surface area contributed by atoms with Crippen LogP contribution in [-0.2, 0) is 4.74 Å². The van der Waals surface area contributed by atoms with Crippen molar-refractivity contribution in [2.75, 3.05) is 6.61 Å². The summed E-state index contributed by atoms with van der Waals surface area (Å²) in [4.78, 5) is 1.09. The molecule has 14 heavy (non-hydrogen) atoms. The molecule has 0 aliphatic rings. The lowest BCUT2D eigenvalue weighted by Crippen LogP contribution is -1.99. The molecule has 0 aliphatic carbocycles. The molecule has 0 saturated carbocycles. The van der Waals surface area contributed by atoms with E-state index >= 15 is 0 Å². The third kappa shape index (κ3) is 3.37. The van der Waals surface area contributed by atoms with E-state index in [-0.39, 0.29) is 6.10 Å². The Morgan fingerprint density at radius 2 is 2.50 bits per heavy atom. The molecule has 74 valence electrons. The minimum atomic E-state index is -0.203. The fourth-order valence-electron chi connectivity index (χ4n) is 0.964. The molecular formula is C12H14OS. The third-order valence-corrected chi connectivity index (χ3v) is 2.62. The molecule has 0 amide bonds. The largest absolute Gasteiger partial charge is 0.356 e. The monoisotopic (exact) mass is 206 g/mol.